The number of fused-ring (bicyclic) bond motifs is 1. The predicted octanol–water partition coefficient (Wildman–Crippen LogP) is 3.37. The van der Waals surface area contributed by atoms with Crippen molar-refractivity contribution in [3.8, 4) is 5.19 Å². The van der Waals surface area contributed by atoms with Crippen molar-refractivity contribution >= 4 is 42.9 Å². The molecule has 1 aliphatic rings. The molecule has 1 saturated heterocycles. The van der Waals surface area contributed by atoms with Crippen LogP contribution in [0.2, 0.25) is 0 Å². The van der Waals surface area contributed by atoms with Crippen LogP contribution in [0.5, 0.6) is 5.19 Å². The van der Waals surface area contributed by atoms with Gasteiger partial charge in [0.2, 0.25) is 0 Å². The van der Waals surface area contributed by atoms with E-state index in [1.807, 2.05) is 37.3 Å². The fourth-order valence-electron chi connectivity index (χ4n) is 2.53. The first-order chi connectivity index (χ1) is 11.6. The maximum atomic E-state index is 12.6. The van der Waals surface area contributed by atoms with E-state index in [0.29, 0.717) is 22.5 Å². The Morgan fingerprint density at radius 3 is 2.71 bits per heavy atom. The summed E-state index contributed by atoms with van der Waals surface area (Å²) < 4.78 is 33.9. The summed E-state index contributed by atoms with van der Waals surface area (Å²) in [5.74, 6) is 0. The van der Waals surface area contributed by atoms with Crippen LogP contribution in [-0.2, 0) is 16.4 Å². The van der Waals surface area contributed by atoms with Crippen molar-refractivity contribution in [1.82, 2.24) is 9.29 Å². The van der Waals surface area contributed by atoms with Crippen LogP contribution in [0.3, 0.4) is 0 Å². The minimum absolute atomic E-state index is 0.133. The zero-order valence-electron chi connectivity index (χ0n) is 13.0. The first-order valence-corrected chi connectivity index (χ1v) is 10.7. The molecule has 3 aromatic rings. The standard InChI is InChI=1S/C16H16N2O3S3/c1-2-12-7-8-15(22-12)24(19,20)18-9-11(10-18)21-16-17-13-5-3-4-6-14(13)23-16/h3-8,11H,2,9-10H2,1H3. The van der Waals surface area contributed by atoms with Gasteiger partial charge < -0.3 is 4.74 Å². The fourth-order valence-corrected chi connectivity index (χ4v) is 6.36. The normalized spacial score (nSPS) is 16.4. The maximum absolute atomic E-state index is 12.6. The second kappa shape index (κ2) is 6.11. The van der Waals surface area contributed by atoms with Gasteiger partial charge in [-0.1, -0.05) is 30.4 Å². The molecule has 4 rings (SSSR count). The number of aromatic nitrogens is 1. The minimum atomic E-state index is -3.39. The highest BCUT2D eigenvalue weighted by Gasteiger charge is 2.39. The first kappa shape index (κ1) is 16.0. The maximum Gasteiger partial charge on any atom is 0.274 e. The van der Waals surface area contributed by atoms with Gasteiger partial charge in [-0.05, 0) is 30.7 Å². The van der Waals surface area contributed by atoms with E-state index in [9.17, 15) is 8.42 Å². The second-order valence-corrected chi connectivity index (χ2v) is 9.91. The van der Waals surface area contributed by atoms with Gasteiger partial charge >= 0.3 is 0 Å². The Morgan fingerprint density at radius 2 is 2.00 bits per heavy atom. The molecule has 1 aromatic carbocycles. The molecule has 0 unspecified atom stereocenters. The lowest BCUT2D eigenvalue weighted by molar-refractivity contribution is 0.0763. The molecule has 24 heavy (non-hydrogen) atoms. The molecule has 0 amide bonds. The van der Waals surface area contributed by atoms with Crippen LogP contribution < -0.4 is 4.74 Å². The number of hydrogen-bond acceptors (Lipinski definition) is 6. The molecule has 1 fully saturated rings. The third-order valence-corrected chi connectivity index (χ3v) is 8.39. The largest absolute Gasteiger partial charge is 0.464 e. The average molecular weight is 381 g/mol. The first-order valence-electron chi connectivity index (χ1n) is 7.67. The van der Waals surface area contributed by atoms with Crippen molar-refractivity contribution in [2.45, 2.75) is 23.7 Å². The van der Waals surface area contributed by atoms with E-state index in [-0.39, 0.29) is 6.10 Å². The van der Waals surface area contributed by atoms with E-state index in [2.05, 4.69) is 4.98 Å². The van der Waals surface area contributed by atoms with Gasteiger partial charge in [-0.15, -0.1) is 11.3 Å². The lowest BCUT2D eigenvalue weighted by Gasteiger charge is -2.36. The minimum Gasteiger partial charge on any atom is -0.464 e. The molecule has 0 radical (unpaired) electrons. The number of benzene rings is 1. The summed E-state index contributed by atoms with van der Waals surface area (Å²) >= 11 is 2.83. The van der Waals surface area contributed by atoms with Crippen molar-refractivity contribution in [1.29, 1.82) is 0 Å². The molecule has 0 atom stereocenters. The van der Waals surface area contributed by atoms with Crippen LogP contribution in [0.1, 0.15) is 11.8 Å². The van der Waals surface area contributed by atoms with Crippen LogP contribution in [0.15, 0.2) is 40.6 Å². The van der Waals surface area contributed by atoms with E-state index in [0.717, 1.165) is 21.5 Å². The summed E-state index contributed by atoms with van der Waals surface area (Å²) in [5.41, 5.74) is 0.909. The Morgan fingerprint density at radius 1 is 1.21 bits per heavy atom. The smallest absolute Gasteiger partial charge is 0.274 e. The van der Waals surface area contributed by atoms with Gasteiger partial charge in [-0.25, -0.2) is 13.4 Å². The third kappa shape index (κ3) is 2.83. The average Bonchev–Trinajstić information content (AvgIpc) is 3.16. The number of sulfonamides is 1. The van der Waals surface area contributed by atoms with E-state index in [1.165, 1.54) is 27.0 Å². The number of rotatable bonds is 5. The lowest BCUT2D eigenvalue weighted by atomic mass is 10.2. The van der Waals surface area contributed by atoms with Crippen molar-refractivity contribution in [2.24, 2.45) is 0 Å². The van der Waals surface area contributed by atoms with Crippen molar-refractivity contribution in [2.75, 3.05) is 13.1 Å². The zero-order chi connectivity index (χ0) is 16.7. The highest BCUT2D eigenvalue weighted by Crippen LogP contribution is 2.32. The molecular formula is C16H16N2O3S3. The summed E-state index contributed by atoms with van der Waals surface area (Å²) in [6.45, 7) is 2.77. The van der Waals surface area contributed by atoms with Crippen molar-refractivity contribution in [3.05, 3.63) is 41.3 Å². The Balaban J connectivity index is 1.42. The molecule has 3 heterocycles. The molecule has 0 spiro atoms. The zero-order valence-corrected chi connectivity index (χ0v) is 15.5. The summed E-state index contributed by atoms with van der Waals surface area (Å²) in [7, 11) is -3.39. The number of nitrogens with zero attached hydrogens (tertiary/aromatic N) is 2. The van der Waals surface area contributed by atoms with Crippen LogP contribution in [0.4, 0.5) is 0 Å². The van der Waals surface area contributed by atoms with Crippen LogP contribution in [-0.4, -0.2) is 36.9 Å². The van der Waals surface area contributed by atoms with Gasteiger partial charge in [-0.2, -0.15) is 4.31 Å². The van der Waals surface area contributed by atoms with Gasteiger partial charge in [0.1, 0.15) is 10.3 Å². The fraction of sp³-hybridized carbons (Fsp3) is 0.312. The monoisotopic (exact) mass is 380 g/mol. The highest BCUT2D eigenvalue weighted by atomic mass is 32.2. The van der Waals surface area contributed by atoms with E-state index in [4.69, 9.17) is 4.74 Å². The van der Waals surface area contributed by atoms with Crippen LogP contribution in [0, 0.1) is 0 Å². The van der Waals surface area contributed by atoms with Gasteiger partial charge in [0.15, 0.2) is 0 Å². The number of thiazole rings is 1. The molecule has 8 heteroatoms. The molecule has 0 aliphatic carbocycles. The Hall–Kier alpha value is -1.48. The number of aryl methyl sites for hydroxylation is 1. The van der Waals surface area contributed by atoms with Gasteiger partial charge in [0.05, 0.1) is 23.3 Å². The quantitative estimate of drug-likeness (QED) is 0.681. The summed E-state index contributed by atoms with van der Waals surface area (Å²) in [6, 6.07) is 11.4. The number of hydrogen-bond donors (Lipinski definition) is 0. The molecule has 126 valence electrons. The van der Waals surface area contributed by atoms with E-state index < -0.39 is 10.0 Å². The Bertz CT molecular complexity index is 938. The molecular weight excluding hydrogens is 364 g/mol. The van der Waals surface area contributed by atoms with Crippen LogP contribution in [0.25, 0.3) is 10.2 Å². The van der Waals surface area contributed by atoms with Crippen LogP contribution >= 0.6 is 22.7 Å². The predicted molar refractivity (Wildman–Crippen MR) is 96.5 cm³/mol. The van der Waals surface area contributed by atoms with Crippen molar-refractivity contribution in [3.63, 3.8) is 0 Å². The lowest BCUT2D eigenvalue weighted by Crippen LogP contribution is -2.55. The number of para-hydroxylation sites is 1. The van der Waals surface area contributed by atoms with E-state index in [1.54, 1.807) is 6.07 Å². The molecule has 5 nitrogen and oxygen atoms in total. The molecule has 0 saturated carbocycles. The van der Waals surface area contributed by atoms with E-state index >= 15 is 0 Å². The Labute approximate surface area is 148 Å². The van der Waals surface area contributed by atoms with Gasteiger partial charge in [0.25, 0.3) is 15.2 Å². The summed E-state index contributed by atoms with van der Waals surface area (Å²) in [4.78, 5) is 5.50. The SMILES string of the molecule is CCc1ccc(S(=O)(=O)N2CC(Oc3nc4ccccc4s3)C2)s1. The molecule has 2 aromatic heterocycles. The Kier molecular flexibility index (Phi) is 4.07. The molecule has 1 aliphatic heterocycles. The van der Waals surface area contributed by atoms with Gasteiger partial charge in [-0.3, -0.25) is 0 Å². The van der Waals surface area contributed by atoms with Gasteiger partial charge in [0, 0.05) is 4.88 Å². The topological polar surface area (TPSA) is 59.5 Å². The molecule has 0 N–H and O–H groups in total. The highest BCUT2D eigenvalue weighted by molar-refractivity contribution is 7.91. The molecule has 0 bridgehead atoms. The second-order valence-electron chi connectivity index (χ2n) is 5.58. The number of ether oxygens (including phenoxy) is 1. The number of thiophene rings is 1. The van der Waals surface area contributed by atoms with Crippen molar-refractivity contribution < 1.29 is 13.2 Å². The summed E-state index contributed by atoms with van der Waals surface area (Å²) in [5, 5.41) is 0.600. The third-order valence-electron chi connectivity index (χ3n) is 3.94. The summed E-state index contributed by atoms with van der Waals surface area (Å²) in [6.07, 6.45) is 0.717.